The molecule has 1 aliphatic heterocycles. The van der Waals surface area contributed by atoms with Crippen LogP contribution in [0.25, 0.3) is 0 Å². The Labute approximate surface area is 102 Å². The minimum Gasteiger partial charge on any atom is -0.352 e. The zero-order valence-corrected chi connectivity index (χ0v) is 9.40. The molecule has 0 fully saturated rings. The van der Waals surface area contributed by atoms with Crippen molar-refractivity contribution in [2.24, 2.45) is 0 Å². The number of alkyl halides is 3. The third kappa shape index (κ3) is 2.76. The maximum atomic E-state index is 12.6. The van der Waals surface area contributed by atoms with E-state index in [0.717, 1.165) is 11.6 Å². The fourth-order valence-corrected chi connectivity index (χ4v) is 1.79. The molecule has 90 valence electrons. The van der Waals surface area contributed by atoms with Crippen LogP contribution < -0.4 is 10.6 Å². The first kappa shape index (κ1) is 11.9. The summed E-state index contributed by atoms with van der Waals surface area (Å²) in [6, 6.07) is 8.28. The number of thiocarbonyl (C=S) groups is 1. The molecule has 0 bridgehead atoms. The minimum absolute atomic E-state index is 0.0197. The van der Waals surface area contributed by atoms with Gasteiger partial charge in [-0.1, -0.05) is 30.3 Å². The van der Waals surface area contributed by atoms with Gasteiger partial charge < -0.3 is 10.6 Å². The Morgan fingerprint density at radius 2 is 1.76 bits per heavy atom. The van der Waals surface area contributed by atoms with Gasteiger partial charge in [0.05, 0.1) is 6.04 Å². The predicted octanol–water partition coefficient (Wildman–Crippen LogP) is 2.65. The monoisotopic (exact) mass is 258 g/mol. The number of hydrogen-bond donors (Lipinski definition) is 2. The summed E-state index contributed by atoms with van der Waals surface area (Å²) in [6.07, 6.45) is -3.33. The first-order valence-corrected chi connectivity index (χ1v) is 5.29. The zero-order valence-electron chi connectivity index (χ0n) is 8.58. The Hall–Kier alpha value is -1.56. The van der Waals surface area contributed by atoms with E-state index in [4.69, 9.17) is 12.2 Å². The number of allylic oxidation sites excluding steroid dienone is 1. The topological polar surface area (TPSA) is 24.1 Å². The molecule has 17 heavy (non-hydrogen) atoms. The molecule has 6 heteroatoms. The van der Waals surface area contributed by atoms with Crippen LogP contribution in [0.3, 0.4) is 0 Å². The highest BCUT2D eigenvalue weighted by Gasteiger charge is 2.37. The van der Waals surface area contributed by atoms with Crippen molar-refractivity contribution in [1.82, 2.24) is 10.6 Å². The number of halogens is 3. The van der Waals surface area contributed by atoms with Crippen molar-refractivity contribution in [3.05, 3.63) is 47.7 Å². The summed E-state index contributed by atoms with van der Waals surface area (Å²) in [5.74, 6) is 0. The summed E-state index contributed by atoms with van der Waals surface area (Å²) in [7, 11) is 0. The van der Waals surface area contributed by atoms with Crippen molar-refractivity contribution in [2.75, 3.05) is 0 Å². The largest absolute Gasteiger partial charge is 0.431 e. The molecular formula is C11H9F3N2S. The summed E-state index contributed by atoms with van der Waals surface area (Å²) in [6.45, 7) is 0. The third-order valence-corrected chi connectivity index (χ3v) is 2.55. The van der Waals surface area contributed by atoms with Gasteiger partial charge in [-0.2, -0.15) is 13.2 Å². The Balaban J connectivity index is 2.33. The maximum absolute atomic E-state index is 12.6. The molecule has 0 amide bonds. The Bertz CT molecular complexity index is 454. The van der Waals surface area contributed by atoms with Crippen molar-refractivity contribution in [2.45, 2.75) is 12.2 Å². The van der Waals surface area contributed by atoms with Crippen LogP contribution >= 0.6 is 12.2 Å². The van der Waals surface area contributed by atoms with E-state index in [0.29, 0.717) is 0 Å². The number of rotatable bonds is 1. The third-order valence-electron chi connectivity index (χ3n) is 2.33. The van der Waals surface area contributed by atoms with Crippen LogP contribution in [0, 0.1) is 0 Å². The van der Waals surface area contributed by atoms with Crippen LogP contribution in [-0.2, 0) is 0 Å². The molecule has 1 aliphatic rings. The van der Waals surface area contributed by atoms with Crippen molar-refractivity contribution in [1.29, 1.82) is 0 Å². The van der Waals surface area contributed by atoms with Crippen LogP contribution in [0.1, 0.15) is 11.6 Å². The summed E-state index contributed by atoms with van der Waals surface area (Å²) in [5.41, 5.74) is -0.0896. The maximum Gasteiger partial charge on any atom is 0.431 e. The van der Waals surface area contributed by atoms with Crippen LogP contribution in [-0.4, -0.2) is 11.3 Å². The second kappa shape index (κ2) is 4.37. The lowest BCUT2D eigenvalue weighted by Crippen LogP contribution is -2.44. The Morgan fingerprint density at radius 3 is 2.35 bits per heavy atom. The molecule has 1 aromatic rings. The average Bonchev–Trinajstić information content (AvgIpc) is 2.28. The predicted molar refractivity (Wildman–Crippen MR) is 62.2 cm³/mol. The van der Waals surface area contributed by atoms with Gasteiger partial charge in [-0.15, -0.1) is 0 Å². The second-order valence-electron chi connectivity index (χ2n) is 3.56. The van der Waals surface area contributed by atoms with Crippen molar-refractivity contribution in [3.63, 3.8) is 0 Å². The Morgan fingerprint density at radius 1 is 1.12 bits per heavy atom. The zero-order chi connectivity index (χ0) is 12.5. The van der Waals surface area contributed by atoms with E-state index in [9.17, 15) is 13.2 Å². The van der Waals surface area contributed by atoms with Gasteiger partial charge in [0.2, 0.25) is 0 Å². The van der Waals surface area contributed by atoms with Gasteiger partial charge in [-0.3, -0.25) is 0 Å². The van der Waals surface area contributed by atoms with Crippen molar-refractivity contribution in [3.8, 4) is 0 Å². The summed E-state index contributed by atoms with van der Waals surface area (Å²) in [4.78, 5) is 0. The molecular weight excluding hydrogens is 249 g/mol. The average molecular weight is 258 g/mol. The fourth-order valence-electron chi connectivity index (χ4n) is 1.55. The Kier molecular flexibility index (Phi) is 3.06. The second-order valence-corrected chi connectivity index (χ2v) is 3.97. The molecule has 0 aliphatic carbocycles. The van der Waals surface area contributed by atoms with Crippen LogP contribution in [0.5, 0.6) is 0 Å². The highest BCUT2D eigenvalue weighted by atomic mass is 32.1. The standard InChI is InChI=1S/C11H9F3N2S/c12-11(13,14)9-6-8(15-10(17)16-9)7-4-2-1-3-5-7/h1-6,8H,(H2,15,16,17)/t8-/m0/s1. The molecule has 2 nitrogen and oxygen atoms in total. The van der Waals surface area contributed by atoms with Gasteiger partial charge in [0.15, 0.2) is 5.11 Å². The highest BCUT2D eigenvalue weighted by Crippen LogP contribution is 2.28. The number of hydrogen-bond acceptors (Lipinski definition) is 1. The molecule has 2 N–H and O–H groups in total. The van der Waals surface area contributed by atoms with Crippen LogP contribution in [0.2, 0.25) is 0 Å². The quantitative estimate of drug-likeness (QED) is 0.757. The smallest absolute Gasteiger partial charge is 0.352 e. The van der Waals surface area contributed by atoms with Gasteiger partial charge in [0, 0.05) is 0 Å². The molecule has 0 saturated heterocycles. The van der Waals surface area contributed by atoms with E-state index in [-0.39, 0.29) is 5.11 Å². The fraction of sp³-hybridized carbons (Fsp3) is 0.182. The van der Waals surface area contributed by atoms with E-state index in [2.05, 4.69) is 10.6 Å². The molecule has 1 atom stereocenters. The molecule has 0 aromatic heterocycles. The van der Waals surface area contributed by atoms with Gasteiger partial charge >= 0.3 is 6.18 Å². The summed E-state index contributed by atoms with van der Waals surface area (Å²) >= 11 is 4.77. The van der Waals surface area contributed by atoms with E-state index >= 15 is 0 Å². The van der Waals surface area contributed by atoms with E-state index in [1.165, 1.54) is 0 Å². The van der Waals surface area contributed by atoms with E-state index < -0.39 is 17.9 Å². The molecule has 0 spiro atoms. The van der Waals surface area contributed by atoms with Crippen molar-refractivity contribution >= 4 is 17.3 Å². The summed E-state index contributed by atoms with van der Waals surface area (Å²) in [5, 5.41) is 4.87. The molecule has 1 aromatic carbocycles. The minimum atomic E-state index is -4.42. The van der Waals surface area contributed by atoms with Gasteiger partial charge in [-0.05, 0) is 23.9 Å². The number of benzene rings is 1. The highest BCUT2D eigenvalue weighted by molar-refractivity contribution is 7.80. The first-order chi connectivity index (χ1) is 7.97. The van der Waals surface area contributed by atoms with Crippen LogP contribution in [0.4, 0.5) is 13.2 Å². The lowest BCUT2D eigenvalue weighted by Gasteiger charge is -2.26. The van der Waals surface area contributed by atoms with Gasteiger partial charge in [-0.25, -0.2) is 0 Å². The molecule has 0 unspecified atom stereocenters. The molecule has 2 rings (SSSR count). The van der Waals surface area contributed by atoms with E-state index in [1.54, 1.807) is 30.3 Å². The van der Waals surface area contributed by atoms with Gasteiger partial charge in [0.25, 0.3) is 0 Å². The first-order valence-electron chi connectivity index (χ1n) is 4.88. The van der Waals surface area contributed by atoms with Crippen molar-refractivity contribution < 1.29 is 13.2 Å². The number of nitrogens with one attached hydrogen (secondary N) is 2. The van der Waals surface area contributed by atoms with Gasteiger partial charge in [0.1, 0.15) is 5.70 Å². The van der Waals surface area contributed by atoms with E-state index in [1.807, 2.05) is 0 Å². The SMILES string of the molecule is FC(F)(F)C1=C[C@@H](c2ccccc2)NC(=S)N1. The lowest BCUT2D eigenvalue weighted by molar-refractivity contribution is -0.0956. The molecule has 1 heterocycles. The lowest BCUT2D eigenvalue weighted by atomic mass is 10.0. The summed E-state index contributed by atoms with van der Waals surface area (Å²) < 4.78 is 37.8. The normalized spacial score (nSPS) is 20.3. The molecule has 0 radical (unpaired) electrons. The molecule has 0 saturated carbocycles. The van der Waals surface area contributed by atoms with Crippen LogP contribution in [0.15, 0.2) is 42.1 Å².